The van der Waals surface area contributed by atoms with Crippen molar-refractivity contribution in [3.63, 3.8) is 0 Å². The van der Waals surface area contributed by atoms with Crippen LogP contribution in [0.15, 0.2) is 24.3 Å². The fourth-order valence-corrected chi connectivity index (χ4v) is 1.49. The van der Waals surface area contributed by atoms with E-state index in [0.29, 0.717) is 17.9 Å². The maximum Gasteiger partial charge on any atom is 0.233 e. The van der Waals surface area contributed by atoms with E-state index in [1.807, 2.05) is 13.0 Å². The van der Waals surface area contributed by atoms with E-state index in [2.05, 4.69) is 10.6 Å². The van der Waals surface area contributed by atoms with Crippen LogP contribution in [0.25, 0.3) is 0 Å². The van der Waals surface area contributed by atoms with Crippen LogP contribution >= 0.6 is 0 Å². The Bertz CT molecular complexity index is 454. The third-order valence-electron chi connectivity index (χ3n) is 2.47. The number of ether oxygens (including phenoxy) is 1. The van der Waals surface area contributed by atoms with Gasteiger partial charge in [-0.15, -0.1) is 0 Å². The van der Waals surface area contributed by atoms with E-state index in [9.17, 15) is 9.90 Å². The first-order chi connectivity index (χ1) is 9.65. The lowest BCUT2D eigenvalue weighted by molar-refractivity contribution is -0.120. The molecular formula is C14H19N3O3. The van der Waals surface area contributed by atoms with Crippen LogP contribution in [0, 0.1) is 11.3 Å². The van der Waals surface area contributed by atoms with Gasteiger partial charge in [0, 0.05) is 13.1 Å². The molecule has 6 nitrogen and oxygen atoms in total. The molecule has 6 heteroatoms. The molecule has 0 aliphatic rings. The van der Waals surface area contributed by atoms with Crippen molar-refractivity contribution in [2.24, 2.45) is 0 Å². The van der Waals surface area contributed by atoms with Gasteiger partial charge in [0.1, 0.15) is 18.5 Å². The Hall–Kier alpha value is -2.10. The van der Waals surface area contributed by atoms with E-state index in [4.69, 9.17) is 10.00 Å². The number of benzene rings is 1. The monoisotopic (exact) mass is 277 g/mol. The van der Waals surface area contributed by atoms with Crippen molar-refractivity contribution in [2.45, 2.75) is 13.0 Å². The second-order valence-corrected chi connectivity index (χ2v) is 4.19. The number of carbonyl (C=O) groups is 1. The highest BCUT2D eigenvalue weighted by molar-refractivity contribution is 5.77. The predicted molar refractivity (Wildman–Crippen MR) is 74.2 cm³/mol. The van der Waals surface area contributed by atoms with Crippen LogP contribution in [-0.2, 0) is 4.79 Å². The van der Waals surface area contributed by atoms with Gasteiger partial charge in [0.2, 0.25) is 5.91 Å². The van der Waals surface area contributed by atoms with Crippen molar-refractivity contribution in [1.82, 2.24) is 10.6 Å². The molecule has 0 aliphatic heterocycles. The standard InChI is InChI=1S/C14H19N3O3/c1-2-17-14(19)9-16-8-12(18)10-20-13-5-3-11(7-15)4-6-13/h3-6,12,16,18H,2,8-10H2,1H3,(H,17,19). The van der Waals surface area contributed by atoms with Gasteiger partial charge in [-0.25, -0.2) is 0 Å². The molecule has 0 aromatic heterocycles. The summed E-state index contributed by atoms with van der Waals surface area (Å²) in [5, 5.41) is 23.8. The normalized spacial score (nSPS) is 11.4. The highest BCUT2D eigenvalue weighted by atomic mass is 16.5. The number of nitriles is 1. The number of nitrogens with zero attached hydrogens (tertiary/aromatic N) is 1. The van der Waals surface area contributed by atoms with Crippen LogP contribution in [0.5, 0.6) is 5.75 Å². The summed E-state index contributed by atoms with van der Waals surface area (Å²) in [5.74, 6) is 0.486. The van der Waals surface area contributed by atoms with E-state index < -0.39 is 6.10 Å². The number of carbonyl (C=O) groups excluding carboxylic acids is 1. The smallest absolute Gasteiger partial charge is 0.233 e. The van der Waals surface area contributed by atoms with Crippen LogP contribution in [-0.4, -0.2) is 43.4 Å². The van der Waals surface area contributed by atoms with Gasteiger partial charge in [0.25, 0.3) is 0 Å². The Morgan fingerprint density at radius 2 is 2.15 bits per heavy atom. The van der Waals surface area contributed by atoms with Crippen LogP contribution < -0.4 is 15.4 Å². The van der Waals surface area contributed by atoms with Gasteiger partial charge in [-0.3, -0.25) is 4.79 Å². The third kappa shape index (κ3) is 6.18. The lowest BCUT2D eigenvalue weighted by atomic mass is 10.2. The topological polar surface area (TPSA) is 94.4 Å². The summed E-state index contributed by atoms with van der Waals surface area (Å²) in [5.41, 5.74) is 0.557. The van der Waals surface area contributed by atoms with Gasteiger partial charge in [0.05, 0.1) is 18.2 Å². The number of hydrogen-bond donors (Lipinski definition) is 3. The third-order valence-corrected chi connectivity index (χ3v) is 2.47. The van der Waals surface area contributed by atoms with Crippen molar-refractivity contribution >= 4 is 5.91 Å². The lowest BCUT2D eigenvalue weighted by Gasteiger charge is -2.13. The van der Waals surface area contributed by atoms with Crippen molar-refractivity contribution < 1.29 is 14.6 Å². The molecule has 0 saturated carbocycles. The van der Waals surface area contributed by atoms with Gasteiger partial charge in [-0.1, -0.05) is 0 Å². The van der Waals surface area contributed by atoms with Crippen LogP contribution in [0.3, 0.4) is 0 Å². The summed E-state index contributed by atoms with van der Waals surface area (Å²) in [7, 11) is 0. The number of rotatable bonds is 8. The molecule has 0 bridgehead atoms. The van der Waals surface area contributed by atoms with Crippen molar-refractivity contribution in [3.8, 4) is 11.8 Å². The Kier molecular flexibility index (Phi) is 7.11. The van der Waals surface area contributed by atoms with Gasteiger partial charge in [-0.2, -0.15) is 5.26 Å². The Balaban J connectivity index is 2.20. The quantitative estimate of drug-likeness (QED) is 0.623. The molecule has 108 valence electrons. The second kappa shape index (κ2) is 8.91. The zero-order valence-corrected chi connectivity index (χ0v) is 11.4. The van der Waals surface area contributed by atoms with E-state index in [1.54, 1.807) is 24.3 Å². The highest BCUT2D eigenvalue weighted by Gasteiger charge is 2.06. The number of aliphatic hydroxyl groups excluding tert-OH is 1. The molecule has 0 aliphatic carbocycles. The summed E-state index contributed by atoms with van der Waals surface area (Å²) in [6, 6.07) is 8.66. The van der Waals surface area contributed by atoms with E-state index >= 15 is 0 Å². The average molecular weight is 277 g/mol. The average Bonchev–Trinajstić information content (AvgIpc) is 2.46. The molecule has 0 radical (unpaired) electrons. The first kappa shape index (κ1) is 16.0. The largest absolute Gasteiger partial charge is 0.491 e. The van der Waals surface area contributed by atoms with E-state index in [-0.39, 0.29) is 25.6 Å². The molecule has 1 aromatic carbocycles. The van der Waals surface area contributed by atoms with Gasteiger partial charge >= 0.3 is 0 Å². The number of aliphatic hydroxyl groups is 1. The second-order valence-electron chi connectivity index (χ2n) is 4.19. The maximum atomic E-state index is 11.2. The van der Waals surface area contributed by atoms with Gasteiger partial charge in [-0.05, 0) is 31.2 Å². The van der Waals surface area contributed by atoms with Crippen LogP contribution in [0.2, 0.25) is 0 Å². The predicted octanol–water partition coefficient (Wildman–Crippen LogP) is 0.0237. The fraction of sp³-hybridized carbons (Fsp3) is 0.429. The summed E-state index contributed by atoms with van der Waals surface area (Å²) in [6.07, 6.45) is -0.708. The molecule has 1 rings (SSSR count). The summed E-state index contributed by atoms with van der Waals surface area (Å²) in [6.45, 7) is 2.99. The molecule has 1 unspecified atom stereocenters. The van der Waals surface area contributed by atoms with Crippen molar-refractivity contribution in [3.05, 3.63) is 29.8 Å². The van der Waals surface area contributed by atoms with E-state index in [1.165, 1.54) is 0 Å². The molecule has 0 spiro atoms. The molecule has 1 amide bonds. The van der Waals surface area contributed by atoms with Crippen molar-refractivity contribution in [1.29, 1.82) is 5.26 Å². The summed E-state index contributed by atoms with van der Waals surface area (Å²) in [4.78, 5) is 11.2. The molecule has 0 heterocycles. The van der Waals surface area contributed by atoms with Gasteiger partial charge in [0.15, 0.2) is 0 Å². The SMILES string of the molecule is CCNC(=O)CNCC(O)COc1ccc(C#N)cc1. The molecule has 3 N–H and O–H groups in total. The molecule has 1 aromatic rings. The summed E-state index contributed by atoms with van der Waals surface area (Å²) >= 11 is 0. The zero-order valence-electron chi connectivity index (χ0n) is 11.4. The minimum Gasteiger partial charge on any atom is -0.491 e. The maximum absolute atomic E-state index is 11.2. The number of nitrogens with one attached hydrogen (secondary N) is 2. The number of likely N-dealkylation sites (N-methyl/N-ethyl adjacent to an activating group) is 1. The number of hydrogen-bond acceptors (Lipinski definition) is 5. The molecule has 0 fully saturated rings. The van der Waals surface area contributed by atoms with E-state index in [0.717, 1.165) is 0 Å². The van der Waals surface area contributed by atoms with Gasteiger partial charge < -0.3 is 20.5 Å². The van der Waals surface area contributed by atoms with Crippen molar-refractivity contribution in [2.75, 3.05) is 26.2 Å². The minimum atomic E-state index is -0.708. The fourth-order valence-electron chi connectivity index (χ4n) is 1.49. The van der Waals surface area contributed by atoms with Crippen LogP contribution in [0.4, 0.5) is 0 Å². The Morgan fingerprint density at radius 3 is 2.75 bits per heavy atom. The molecule has 20 heavy (non-hydrogen) atoms. The first-order valence-corrected chi connectivity index (χ1v) is 6.44. The Labute approximate surface area is 118 Å². The summed E-state index contributed by atoms with van der Waals surface area (Å²) < 4.78 is 5.37. The zero-order chi connectivity index (χ0) is 14.8. The van der Waals surface area contributed by atoms with Crippen LogP contribution in [0.1, 0.15) is 12.5 Å². The molecule has 1 atom stereocenters. The minimum absolute atomic E-state index is 0.104. The Morgan fingerprint density at radius 1 is 1.45 bits per heavy atom. The lowest BCUT2D eigenvalue weighted by Crippen LogP contribution is -2.38. The molecular weight excluding hydrogens is 258 g/mol. The number of amides is 1. The first-order valence-electron chi connectivity index (χ1n) is 6.44. The molecule has 0 saturated heterocycles. The highest BCUT2D eigenvalue weighted by Crippen LogP contribution is 2.11.